The maximum absolute atomic E-state index is 14.1. The van der Waals surface area contributed by atoms with Gasteiger partial charge in [0.1, 0.15) is 17.4 Å². The summed E-state index contributed by atoms with van der Waals surface area (Å²) in [5.41, 5.74) is -0.0189. The second-order valence-electron chi connectivity index (χ2n) is 4.00. The van der Waals surface area contributed by atoms with Gasteiger partial charge in [0.2, 0.25) is 0 Å². The molecule has 0 aliphatic rings. The second-order valence-corrected chi connectivity index (χ2v) is 7.25. The maximum Gasteiger partial charge on any atom is 0.134 e. The number of hydrogen-bond donors (Lipinski definition) is 1. The van der Waals surface area contributed by atoms with Gasteiger partial charge < -0.3 is 10.1 Å². The van der Waals surface area contributed by atoms with Crippen LogP contribution < -0.4 is 10.1 Å². The van der Waals surface area contributed by atoms with Gasteiger partial charge in [-0.2, -0.15) is 0 Å². The van der Waals surface area contributed by atoms with Crippen molar-refractivity contribution >= 4 is 43.2 Å². The Hall–Kier alpha value is -0.500. The molecule has 0 radical (unpaired) electrons. The molecule has 0 bridgehead atoms. The summed E-state index contributed by atoms with van der Waals surface area (Å²) in [5.74, 6) is -1.11. The lowest BCUT2D eigenvalue weighted by Gasteiger charge is -2.17. The zero-order chi connectivity index (χ0) is 14.9. The van der Waals surface area contributed by atoms with Crippen molar-refractivity contribution < 1.29 is 13.5 Å². The number of thiophene rings is 1. The van der Waals surface area contributed by atoms with Gasteiger partial charge in [0.05, 0.1) is 16.9 Å². The Morgan fingerprint density at radius 1 is 1.20 bits per heavy atom. The quantitative estimate of drug-likeness (QED) is 0.752. The molecule has 1 aromatic heterocycles. The number of hydrogen-bond acceptors (Lipinski definition) is 3. The molecule has 0 aliphatic heterocycles. The Bertz CT molecular complexity index is 590. The van der Waals surface area contributed by atoms with Crippen LogP contribution in [0.15, 0.2) is 26.5 Å². The SMILES string of the molecule is CNC(c1cc(Br)c(Br)s1)c1c(F)cc(OC)cc1F. The minimum Gasteiger partial charge on any atom is -0.497 e. The van der Waals surface area contributed by atoms with E-state index in [0.717, 1.165) is 13.1 Å². The van der Waals surface area contributed by atoms with Crippen molar-refractivity contribution in [3.8, 4) is 5.75 Å². The summed E-state index contributed by atoms with van der Waals surface area (Å²) in [6.45, 7) is 0. The van der Waals surface area contributed by atoms with Gasteiger partial charge in [0, 0.05) is 27.0 Å². The number of halogens is 4. The third-order valence-corrected chi connectivity index (χ3v) is 6.14. The molecule has 1 N–H and O–H groups in total. The molecule has 2 nitrogen and oxygen atoms in total. The van der Waals surface area contributed by atoms with Crippen LogP contribution in [0, 0.1) is 11.6 Å². The molecule has 0 saturated heterocycles. The lowest BCUT2D eigenvalue weighted by atomic mass is 10.0. The Morgan fingerprint density at radius 2 is 1.80 bits per heavy atom. The van der Waals surface area contributed by atoms with Crippen LogP contribution in [0.2, 0.25) is 0 Å². The van der Waals surface area contributed by atoms with E-state index in [2.05, 4.69) is 37.2 Å². The highest BCUT2D eigenvalue weighted by Gasteiger charge is 2.24. The van der Waals surface area contributed by atoms with E-state index in [4.69, 9.17) is 4.74 Å². The lowest BCUT2D eigenvalue weighted by Crippen LogP contribution is -2.19. The molecule has 0 aliphatic carbocycles. The van der Waals surface area contributed by atoms with Gasteiger partial charge in [-0.25, -0.2) is 8.78 Å². The number of rotatable bonds is 4. The first-order valence-electron chi connectivity index (χ1n) is 5.62. The standard InChI is InChI=1S/C13H11Br2F2NOS/c1-18-12(10-5-7(14)13(15)20-10)11-8(16)3-6(19-2)4-9(11)17/h3-5,12,18H,1-2H3. The van der Waals surface area contributed by atoms with Gasteiger partial charge in [0.15, 0.2) is 0 Å². The third-order valence-electron chi connectivity index (χ3n) is 2.81. The summed E-state index contributed by atoms with van der Waals surface area (Å²) in [4.78, 5) is 0.800. The molecular formula is C13H11Br2F2NOS. The van der Waals surface area contributed by atoms with Gasteiger partial charge in [-0.05, 0) is 45.0 Å². The molecule has 0 amide bonds. The fraction of sp³-hybridized carbons (Fsp3) is 0.231. The van der Waals surface area contributed by atoms with Crippen molar-refractivity contribution in [1.29, 1.82) is 0 Å². The summed E-state index contributed by atoms with van der Waals surface area (Å²) in [7, 11) is 3.03. The summed E-state index contributed by atoms with van der Waals surface area (Å²) >= 11 is 8.17. The Labute approximate surface area is 136 Å². The van der Waals surface area contributed by atoms with E-state index < -0.39 is 17.7 Å². The largest absolute Gasteiger partial charge is 0.497 e. The monoisotopic (exact) mass is 425 g/mol. The first-order valence-corrected chi connectivity index (χ1v) is 8.03. The van der Waals surface area contributed by atoms with Crippen molar-refractivity contribution in [3.05, 3.63) is 48.5 Å². The van der Waals surface area contributed by atoms with Crippen LogP contribution in [-0.4, -0.2) is 14.2 Å². The van der Waals surface area contributed by atoms with Gasteiger partial charge in [0.25, 0.3) is 0 Å². The lowest BCUT2D eigenvalue weighted by molar-refractivity contribution is 0.403. The van der Waals surface area contributed by atoms with Crippen LogP contribution >= 0.6 is 43.2 Å². The first kappa shape index (κ1) is 15.9. The fourth-order valence-corrected chi connectivity index (χ4v) is 4.10. The van der Waals surface area contributed by atoms with Crippen molar-refractivity contribution in [2.75, 3.05) is 14.2 Å². The molecule has 0 saturated carbocycles. The van der Waals surface area contributed by atoms with Crippen molar-refractivity contribution in [1.82, 2.24) is 5.32 Å². The summed E-state index contributed by atoms with van der Waals surface area (Å²) in [6.07, 6.45) is 0. The Balaban J connectivity index is 2.52. The topological polar surface area (TPSA) is 21.3 Å². The van der Waals surface area contributed by atoms with E-state index in [1.54, 1.807) is 7.05 Å². The molecule has 0 fully saturated rings. The van der Waals surface area contributed by atoms with Crippen LogP contribution in [0.3, 0.4) is 0 Å². The molecule has 20 heavy (non-hydrogen) atoms. The molecule has 7 heteroatoms. The summed E-state index contributed by atoms with van der Waals surface area (Å²) in [5, 5.41) is 2.94. The smallest absolute Gasteiger partial charge is 0.134 e. The van der Waals surface area contributed by atoms with Crippen LogP contribution in [-0.2, 0) is 0 Å². The number of benzene rings is 1. The highest BCUT2D eigenvalue weighted by Crippen LogP contribution is 2.39. The summed E-state index contributed by atoms with van der Waals surface area (Å²) in [6, 6.07) is 3.63. The molecule has 1 unspecified atom stereocenters. The van der Waals surface area contributed by atoms with E-state index in [1.807, 2.05) is 6.07 Å². The maximum atomic E-state index is 14.1. The molecule has 108 valence electrons. The second kappa shape index (κ2) is 6.51. The summed E-state index contributed by atoms with van der Waals surface area (Å²) < 4.78 is 34.9. The van der Waals surface area contributed by atoms with Crippen molar-refractivity contribution in [3.63, 3.8) is 0 Å². The molecule has 2 rings (SSSR count). The molecule has 1 heterocycles. The Morgan fingerprint density at radius 3 is 2.20 bits per heavy atom. The average Bonchev–Trinajstić information content (AvgIpc) is 2.73. The van der Waals surface area contributed by atoms with E-state index >= 15 is 0 Å². The minimum absolute atomic E-state index is 0.0189. The van der Waals surface area contributed by atoms with Gasteiger partial charge in [-0.15, -0.1) is 11.3 Å². The van der Waals surface area contributed by atoms with Gasteiger partial charge in [-0.3, -0.25) is 0 Å². The number of nitrogens with one attached hydrogen (secondary N) is 1. The normalized spacial score (nSPS) is 12.5. The highest BCUT2D eigenvalue weighted by atomic mass is 79.9. The van der Waals surface area contributed by atoms with Crippen LogP contribution in [0.25, 0.3) is 0 Å². The Kier molecular flexibility index (Phi) is 5.17. The third kappa shape index (κ3) is 3.05. The first-order chi connectivity index (χ1) is 9.47. The van der Waals surface area contributed by atoms with E-state index in [1.165, 1.54) is 30.6 Å². The van der Waals surface area contributed by atoms with Crippen LogP contribution in [0.1, 0.15) is 16.5 Å². The fourth-order valence-electron chi connectivity index (χ4n) is 1.89. The number of methoxy groups -OCH3 is 1. The minimum atomic E-state index is -0.637. The molecular weight excluding hydrogens is 416 g/mol. The van der Waals surface area contributed by atoms with Gasteiger partial charge >= 0.3 is 0 Å². The molecule has 1 aromatic carbocycles. The van der Waals surface area contributed by atoms with E-state index in [9.17, 15) is 8.78 Å². The van der Waals surface area contributed by atoms with Crippen molar-refractivity contribution in [2.45, 2.75) is 6.04 Å². The van der Waals surface area contributed by atoms with Crippen LogP contribution in [0.5, 0.6) is 5.75 Å². The van der Waals surface area contributed by atoms with Crippen molar-refractivity contribution in [2.24, 2.45) is 0 Å². The van der Waals surface area contributed by atoms with E-state index in [-0.39, 0.29) is 11.3 Å². The van der Waals surface area contributed by atoms with Gasteiger partial charge in [-0.1, -0.05) is 0 Å². The molecule has 1 atom stereocenters. The predicted octanol–water partition coefficient (Wildman–Crippen LogP) is 4.87. The number of ether oxygens (including phenoxy) is 1. The zero-order valence-corrected chi connectivity index (χ0v) is 14.6. The predicted molar refractivity (Wildman–Crippen MR) is 83.5 cm³/mol. The average molecular weight is 427 g/mol. The van der Waals surface area contributed by atoms with E-state index in [0.29, 0.717) is 0 Å². The highest BCUT2D eigenvalue weighted by molar-refractivity contribution is 9.13. The zero-order valence-electron chi connectivity index (χ0n) is 10.6. The molecule has 0 spiro atoms. The molecule has 2 aromatic rings. The van der Waals surface area contributed by atoms with Crippen LogP contribution in [0.4, 0.5) is 8.78 Å².